The fourth-order valence-corrected chi connectivity index (χ4v) is 1.34. The zero-order valence-corrected chi connectivity index (χ0v) is 8.05. The van der Waals surface area contributed by atoms with Gasteiger partial charge in [0.15, 0.2) is 0 Å². The number of hydrogen-bond donors (Lipinski definition) is 2. The van der Waals surface area contributed by atoms with E-state index in [-0.39, 0.29) is 11.9 Å². The SMILES string of the molecule is CCC(N)=NC1CCCCNC1=O. The van der Waals surface area contributed by atoms with Crippen molar-refractivity contribution in [3.8, 4) is 0 Å². The molecule has 1 aliphatic rings. The Morgan fingerprint density at radius 3 is 3.15 bits per heavy atom. The number of nitrogens with zero attached hydrogens (tertiary/aromatic N) is 1. The van der Waals surface area contributed by atoms with E-state index in [1.807, 2.05) is 6.92 Å². The van der Waals surface area contributed by atoms with Crippen molar-refractivity contribution in [2.75, 3.05) is 6.54 Å². The molecule has 1 saturated heterocycles. The number of carbonyl (C=O) groups is 1. The first-order valence-electron chi connectivity index (χ1n) is 4.84. The summed E-state index contributed by atoms with van der Waals surface area (Å²) in [5.74, 6) is 0.593. The standard InChI is InChI=1S/C9H17N3O/c1-2-8(10)12-7-5-3-4-6-11-9(7)13/h7H,2-6H2,1H3,(H2,10,12)(H,11,13). The molecule has 0 spiro atoms. The van der Waals surface area contributed by atoms with E-state index in [4.69, 9.17) is 5.73 Å². The topological polar surface area (TPSA) is 67.5 Å². The first kappa shape index (κ1) is 10.0. The molecule has 4 nitrogen and oxygen atoms in total. The predicted molar refractivity (Wildman–Crippen MR) is 52.6 cm³/mol. The van der Waals surface area contributed by atoms with E-state index >= 15 is 0 Å². The zero-order valence-electron chi connectivity index (χ0n) is 8.05. The van der Waals surface area contributed by atoms with Crippen LogP contribution in [-0.4, -0.2) is 24.3 Å². The fourth-order valence-electron chi connectivity index (χ4n) is 1.34. The number of hydrogen-bond acceptors (Lipinski definition) is 2. The highest BCUT2D eigenvalue weighted by Gasteiger charge is 2.19. The molecule has 0 radical (unpaired) electrons. The maximum absolute atomic E-state index is 11.4. The van der Waals surface area contributed by atoms with E-state index in [1.165, 1.54) is 0 Å². The molecule has 1 heterocycles. The van der Waals surface area contributed by atoms with Gasteiger partial charge in [-0.25, -0.2) is 0 Å². The summed E-state index contributed by atoms with van der Waals surface area (Å²) in [7, 11) is 0. The lowest BCUT2D eigenvalue weighted by molar-refractivity contribution is -0.121. The number of amides is 1. The van der Waals surface area contributed by atoms with Crippen LogP contribution in [0.25, 0.3) is 0 Å². The number of amidine groups is 1. The molecule has 13 heavy (non-hydrogen) atoms. The highest BCUT2D eigenvalue weighted by atomic mass is 16.2. The minimum Gasteiger partial charge on any atom is -0.387 e. The number of nitrogens with one attached hydrogen (secondary N) is 1. The third kappa shape index (κ3) is 3.05. The van der Waals surface area contributed by atoms with E-state index in [2.05, 4.69) is 10.3 Å². The van der Waals surface area contributed by atoms with Crippen molar-refractivity contribution in [3.05, 3.63) is 0 Å². The van der Waals surface area contributed by atoms with Gasteiger partial charge in [0.1, 0.15) is 6.04 Å². The van der Waals surface area contributed by atoms with Gasteiger partial charge in [0.2, 0.25) is 5.91 Å². The molecular formula is C9H17N3O. The lowest BCUT2D eigenvalue weighted by Crippen LogP contribution is -2.33. The third-order valence-corrected chi connectivity index (χ3v) is 2.19. The molecule has 1 rings (SSSR count). The second kappa shape index (κ2) is 4.84. The maximum Gasteiger partial charge on any atom is 0.244 e. The van der Waals surface area contributed by atoms with Crippen LogP contribution in [-0.2, 0) is 4.79 Å². The molecule has 0 aliphatic carbocycles. The van der Waals surface area contributed by atoms with E-state index in [0.717, 1.165) is 25.8 Å². The second-order valence-electron chi connectivity index (χ2n) is 3.28. The highest BCUT2D eigenvalue weighted by Crippen LogP contribution is 2.08. The van der Waals surface area contributed by atoms with E-state index in [9.17, 15) is 4.79 Å². The largest absolute Gasteiger partial charge is 0.387 e. The molecule has 0 aromatic heterocycles. The van der Waals surface area contributed by atoms with Crippen LogP contribution >= 0.6 is 0 Å². The summed E-state index contributed by atoms with van der Waals surface area (Å²) in [5, 5.41) is 2.82. The van der Waals surface area contributed by atoms with Crippen LogP contribution in [0.3, 0.4) is 0 Å². The zero-order chi connectivity index (χ0) is 9.68. The van der Waals surface area contributed by atoms with E-state index < -0.39 is 0 Å². The van der Waals surface area contributed by atoms with Crippen molar-refractivity contribution in [1.29, 1.82) is 0 Å². The summed E-state index contributed by atoms with van der Waals surface area (Å²) >= 11 is 0. The predicted octanol–water partition coefficient (Wildman–Crippen LogP) is 0.422. The molecule has 0 saturated carbocycles. The summed E-state index contributed by atoms with van der Waals surface area (Å²) in [6, 6.07) is -0.248. The Bertz CT molecular complexity index is 213. The van der Waals surface area contributed by atoms with Crippen LogP contribution in [0.4, 0.5) is 0 Å². The van der Waals surface area contributed by atoms with Gasteiger partial charge in [-0.3, -0.25) is 9.79 Å². The third-order valence-electron chi connectivity index (χ3n) is 2.19. The Hall–Kier alpha value is -1.06. The molecule has 1 aliphatic heterocycles. The van der Waals surface area contributed by atoms with Crippen molar-refractivity contribution in [3.63, 3.8) is 0 Å². The molecular weight excluding hydrogens is 166 g/mol. The summed E-state index contributed by atoms with van der Waals surface area (Å²) in [5.41, 5.74) is 5.59. The fraction of sp³-hybridized carbons (Fsp3) is 0.778. The molecule has 1 atom stereocenters. The molecule has 1 amide bonds. The van der Waals surface area contributed by atoms with Crippen molar-refractivity contribution in [1.82, 2.24) is 5.32 Å². The van der Waals surface area contributed by atoms with Crippen molar-refractivity contribution in [2.24, 2.45) is 10.7 Å². The molecule has 1 fully saturated rings. The minimum absolute atomic E-state index is 0.0221. The summed E-state index contributed by atoms with van der Waals surface area (Å²) in [6.07, 6.45) is 3.63. The lowest BCUT2D eigenvalue weighted by Gasteiger charge is -2.08. The average molecular weight is 183 g/mol. The van der Waals surface area contributed by atoms with Gasteiger partial charge in [-0.15, -0.1) is 0 Å². The second-order valence-corrected chi connectivity index (χ2v) is 3.28. The molecule has 74 valence electrons. The van der Waals surface area contributed by atoms with Crippen LogP contribution in [0.2, 0.25) is 0 Å². The van der Waals surface area contributed by atoms with Gasteiger partial charge in [-0.1, -0.05) is 6.92 Å². The average Bonchev–Trinajstić information content (AvgIpc) is 2.32. The normalized spacial score (nSPS) is 25.2. The number of rotatable bonds is 2. The van der Waals surface area contributed by atoms with E-state index in [1.54, 1.807) is 0 Å². The molecule has 0 aromatic rings. The molecule has 4 heteroatoms. The first-order chi connectivity index (χ1) is 6.24. The Morgan fingerprint density at radius 2 is 2.46 bits per heavy atom. The number of nitrogens with two attached hydrogens (primary N) is 1. The minimum atomic E-state index is -0.248. The smallest absolute Gasteiger partial charge is 0.244 e. The Balaban J connectivity index is 2.59. The van der Waals surface area contributed by atoms with Crippen molar-refractivity contribution in [2.45, 2.75) is 38.6 Å². The molecule has 0 bridgehead atoms. The number of aliphatic imine (C=N–C) groups is 1. The molecule has 1 unspecified atom stereocenters. The van der Waals surface area contributed by atoms with Crippen molar-refractivity contribution >= 4 is 11.7 Å². The summed E-state index contributed by atoms with van der Waals surface area (Å²) < 4.78 is 0. The van der Waals surface area contributed by atoms with Crippen LogP contribution < -0.4 is 11.1 Å². The maximum atomic E-state index is 11.4. The van der Waals surface area contributed by atoms with Gasteiger partial charge >= 0.3 is 0 Å². The van der Waals surface area contributed by atoms with Crippen LogP contribution in [0.1, 0.15) is 32.6 Å². The number of carbonyl (C=O) groups excluding carboxylic acids is 1. The van der Waals surface area contributed by atoms with Crippen LogP contribution in [0.5, 0.6) is 0 Å². The van der Waals surface area contributed by atoms with Crippen molar-refractivity contribution < 1.29 is 4.79 Å². The van der Waals surface area contributed by atoms with Crippen LogP contribution in [0.15, 0.2) is 4.99 Å². The Morgan fingerprint density at radius 1 is 1.69 bits per heavy atom. The highest BCUT2D eigenvalue weighted by molar-refractivity contribution is 5.87. The van der Waals surface area contributed by atoms with Gasteiger partial charge in [0.05, 0.1) is 5.84 Å². The lowest BCUT2D eigenvalue weighted by atomic mass is 10.1. The van der Waals surface area contributed by atoms with Gasteiger partial charge in [-0.05, 0) is 19.3 Å². The monoisotopic (exact) mass is 183 g/mol. The van der Waals surface area contributed by atoms with Gasteiger partial charge < -0.3 is 11.1 Å². The Labute approximate surface area is 78.6 Å². The molecule has 0 aromatic carbocycles. The van der Waals surface area contributed by atoms with E-state index in [0.29, 0.717) is 12.3 Å². The summed E-state index contributed by atoms with van der Waals surface area (Å²) in [6.45, 7) is 2.71. The van der Waals surface area contributed by atoms with Gasteiger partial charge in [0, 0.05) is 13.0 Å². The van der Waals surface area contributed by atoms with Gasteiger partial charge in [0.25, 0.3) is 0 Å². The first-order valence-corrected chi connectivity index (χ1v) is 4.84. The van der Waals surface area contributed by atoms with Crippen LogP contribution in [0, 0.1) is 0 Å². The van der Waals surface area contributed by atoms with Gasteiger partial charge in [-0.2, -0.15) is 0 Å². The summed E-state index contributed by atoms with van der Waals surface area (Å²) in [4.78, 5) is 15.6. The molecule has 3 N–H and O–H groups in total. The Kier molecular flexibility index (Phi) is 3.73. The quantitative estimate of drug-likeness (QED) is 0.481.